The summed E-state index contributed by atoms with van der Waals surface area (Å²) in [5, 5.41) is 2.94. The highest BCUT2D eigenvalue weighted by Gasteiger charge is 2.31. The summed E-state index contributed by atoms with van der Waals surface area (Å²) >= 11 is 0. The average Bonchev–Trinajstić information content (AvgIpc) is 2.66. The van der Waals surface area contributed by atoms with E-state index >= 15 is 0 Å². The van der Waals surface area contributed by atoms with E-state index in [1.807, 2.05) is 70.2 Å². The molecule has 2 aromatic rings. The number of amides is 1. The van der Waals surface area contributed by atoms with E-state index in [1.54, 1.807) is 6.07 Å². The van der Waals surface area contributed by atoms with Gasteiger partial charge in [-0.15, -0.1) is 0 Å². The van der Waals surface area contributed by atoms with Gasteiger partial charge in [0.1, 0.15) is 6.04 Å². The molecule has 0 aliphatic carbocycles. The monoisotopic (exact) mass is 402 g/mol. The Labute approximate surface area is 168 Å². The summed E-state index contributed by atoms with van der Waals surface area (Å²) in [7, 11) is -3.62. The fourth-order valence-electron chi connectivity index (χ4n) is 3.19. The van der Waals surface area contributed by atoms with Crippen LogP contribution in [0.5, 0.6) is 0 Å². The third kappa shape index (κ3) is 5.35. The average molecular weight is 403 g/mol. The highest BCUT2D eigenvalue weighted by molar-refractivity contribution is 7.92. The van der Waals surface area contributed by atoms with Crippen LogP contribution in [0, 0.1) is 13.8 Å². The molecule has 0 saturated carbocycles. The number of hydrogen-bond acceptors (Lipinski definition) is 3. The Morgan fingerprint density at radius 3 is 2.25 bits per heavy atom. The van der Waals surface area contributed by atoms with Crippen molar-refractivity contribution < 1.29 is 13.2 Å². The van der Waals surface area contributed by atoms with Crippen molar-refractivity contribution in [3.63, 3.8) is 0 Å². The minimum atomic E-state index is -3.62. The largest absolute Gasteiger partial charge is 0.354 e. The fourth-order valence-corrected chi connectivity index (χ4v) is 4.40. The Hall–Kier alpha value is -2.34. The first kappa shape index (κ1) is 22.0. The topological polar surface area (TPSA) is 66.5 Å². The van der Waals surface area contributed by atoms with Crippen molar-refractivity contribution in [3.05, 3.63) is 65.2 Å². The molecule has 0 saturated heterocycles. The normalized spacial score (nSPS) is 13.6. The molecule has 0 aliphatic heterocycles. The van der Waals surface area contributed by atoms with Crippen LogP contribution in [0.15, 0.2) is 48.5 Å². The number of benzene rings is 2. The van der Waals surface area contributed by atoms with E-state index in [0.29, 0.717) is 18.7 Å². The number of carbonyl (C=O) groups excluding carboxylic acids is 1. The van der Waals surface area contributed by atoms with Crippen molar-refractivity contribution in [1.29, 1.82) is 0 Å². The first-order valence-corrected chi connectivity index (χ1v) is 11.4. The maximum Gasteiger partial charge on any atom is 0.243 e. The highest BCUT2D eigenvalue weighted by Crippen LogP contribution is 2.25. The van der Waals surface area contributed by atoms with Gasteiger partial charge in [-0.25, -0.2) is 8.42 Å². The molecule has 2 rings (SSSR count). The van der Waals surface area contributed by atoms with Crippen molar-refractivity contribution in [1.82, 2.24) is 5.32 Å². The van der Waals surface area contributed by atoms with Crippen LogP contribution in [0.25, 0.3) is 0 Å². The molecule has 5 nitrogen and oxygen atoms in total. The van der Waals surface area contributed by atoms with E-state index in [2.05, 4.69) is 5.32 Å². The molecule has 0 fully saturated rings. The Bertz CT molecular complexity index is 911. The van der Waals surface area contributed by atoms with Crippen LogP contribution in [0.1, 0.15) is 42.9 Å². The standard InChI is InChI=1S/C22H30N2O3S/c1-6-21(22(25)23-15-18(4)19-10-8-7-9-11-19)24(28(5,26)27)20-13-12-16(2)17(3)14-20/h7-14,18,21H,6,15H2,1-5H3,(H,23,25)/t18-,21-/m0/s1. The maximum absolute atomic E-state index is 12.9. The Morgan fingerprint density at radius 2 is 1.71 bits per heavy atom. The molecule has 0 spiro atoms. The van der Waals surface area contributed by atoms with Crippen molar-refractivity contribution >= 4 is 21.6 Å². The van der Waals surface area contributed by atoms with Crippen molar-refractivity contribution in [3.8, 4) is 0 Å². The van der Waals surface area contributed by atoms with Gasteiger partial charge in [0, 0.05) is 6.54 Å². The molecule has 1 amide bonds. The number of aryl methyl sites for hydroxylation is 2. The number of sulfonamides is 1. The summed E-state index contributed by atoms with van der Waals surface area (Å²) < 4.78 is 26.3. The second-order valence-corrected chi connectivity index (χ2v) is 9.17. The van der Waals surface area contributed by atoms with Crippen LogP contribution in [0.4, 0.5) is 5.69 Å². The molecule has 0 aromatic heterocycles. The summed E-state index contributed by atoms with van der Waals surface area (Å²) in [4.78, 5) is 12.9. The number of nitrogens with zero attached hydrogens (tertiary/aromatic N) is 1. The van der Waals surface area contributed by atoms with Crippen molar-refractivity contribution in [2.45, 2.75) is 46.1 Å². The first-order chi connectivity index (χ1) is 13.1. The first-order valence-electron chi connectivity index (χ1n) is 9.54. The Balaban J connectivity index is 2.23. The lowest BCUT2D eigenvalue weighted by molar-refractivity contribution is -0.122. The van der Waals surface area contributed by atoms with Gasteiger partial charge in [0.2, 0.25) is 15.9 Å². The second-order valence-electron chi connectivity index (χ2n) is 7.31. The van der Waals surface area contributed by atoms with Gasteiger partial charge in [-0.2, -0.15) is 0 Å². The lowest BCUT2D eigenvalue weighted by Crippen LogP contribution is -2.49. The Morgan fingerprint density at radius 1 is 1.07 bits per heavy atom. The van der Waals surface area contributed by atoms with Gasteiger partial charge >= 0.3 is 0 Å². The molecular formula is C22H30N2O3S. The molecule has 0 aliphatic rings. The van der Waals surface area contributed by atoms with Gasteiger partial charge in [-0.05, 0) is 55.0 Å². The molecule has 0 radical (unpaired) electrons. The quantitative estimate of drug-likeness (QED) is 0.731. The summed E-state index contributed by atoms with van der Waals surface area (Å²) in [6.07, 6.45) is 1.52. The zero-order valence-electron chi connectivity index (χ0n) is 17.3. The predicted octanol–water partition coefficient (Wildman–Crippen LogP) is 3.77. The van der Waals surface area contributed by atoms with Crippen molar-refractivity contribution in [2.24, 2.45) is 0 Å². The molecule has 152 valence electrons. The summed E-state index contributed by atoms with van der Waals surface area (Å²) in [6.45, 7) is 8.21. The molecule has 6 heteroatoms. The Kier molecular flexibility index (Phi) is 7.24. The summed E-state index contributed by atoms with van der Waals surface area (Å²) in [5.74, 6) is -0.148. The third-order valence-electron chi connectivity index (χ3n) is 5.03. The van der Waals surface area contributed by atoms with Gasteiger partial charge in [-0.3, -0.25) is 9.10 Å². The molecule has 0 heterocycles. The van der Waals surface area contributed by atoms with Crippen LogP contribution in [-0.4, -0.2) is 33.2 Å². The van der Waals surface area contributed by atoms with Gasteiger partial charge < -0.3 is 5.32 Å². The minimum absolute atomic E-state index is 0.135. The summed E-state index contributed by atoms with van der Waals surface area (Å²) in [5.41, 5.74) is 3.71. The van der Waals surface area contributed by atoms with Crippen LogP contribution in [0.2, 0.25) is 0 Å². The second kappa shape index (κ2) is 9.24. The van der Waals surface area contributed by atoms with Crippen LogP contribution >= 0.6 is 0 Å². The zero-order chi connectivity index (χ0) is 20.9. The van der Waals surface area contributed by atoms with Gasteiger partial charge in [-0.1, -0.05) is 50.2 Å². The zero-order valence-corrected chi connectivity index (χ0v) is 18.1. The number of rotatable bonds is 8. The van der Waals surface area contributed by atoms with E-state index in [4.69, 9.17) is 0 Å². The molecule has 2 atom stereocenters. The lowest BCUT2D eigenvalue weighted by atomic mass is 10.0. The maximum atomic E-state index is 12.9. The van der Waals surface area contributed by atoms with Gasteiger partial charge in [0.25, 0.3) is 0 Å². The van der Waals surface area contributed by atoms with E-state index in [1.165, 1.54) is 4.31 Å². The van der Waals surface area contributed by atoms with E-state index < -0.39 is 16.1 Å². The summed E-state index contributed by atoms with van der Waals surface area (Å²) in [6, 6.07) is 14.6. The third-order valence-corrected chi connectivity index (χ3v) is 6.21. The number of anilines is 1. The van der Waals surface area contributed by atoms with Gasteiger partial charge in [0.15, 0.2) is 0 Å². The fraction of sp³-hybridized carbons (Fsp3) is 0.409. The number of nitrogens with one attached hydrogen (secondary N) is 1. The minimum Gasteiger partial charge on any atom is -0.354 e. The molecular weight excluding hydrogens is 372 g/mol. The molecule has 28 heavy (non-hydrogen) atoms. The van der Waals surface area contributed by atoms with E-state index in [0.717, 1.165) is 22.9 Å². The van der Waals surface area contributed by atoms with Crippen LogP contribution in [-0.2, 0) is 14.8 Å². The van der Waals surface area contributed by atoms with E-state index in [9.17, 15) is 13.2 Å². The lowest BCUT2D eigenvalue weighted by Gasteiger charge is -2.31. The van der Waals surface area contributed by atoms with Gasteiger partial charge in [0.05, 0.1) is 11.9 Å². The smallest absolute Gasteiger partial charge is 0.243 e. The SMILES string of the molecule is CC[C@@H](C(=O)NC[C@H](C)c1ccccc1)N(c1ccc(C)c(C)c1)S(C)(=O)=O. The van der Waals surface area contributed by atoms with E-state index in [-0.39, 0.29) is 11.8 Å². The highest BCUT2D eigenvalue weighted by atomic mass is 32.2. The molecule has 0 unspecified atom stereocenters. The van der Waals surface area contributed by atoms with Crippen LogP contribution < -0.4 is 9.62 Å². The molecule has 2 aromatic carbocycles. The van der Waals surface area contributed by atoms with Crippen LogP contribution in [0.3, 0.4) is 0 Å². The predicted molar refractivity (Wildman–Crippen MR) is 115 cm³/mol. The number of hydrogen-bond donors (Lipinski definition) is 1. The molecule has 0 bridgehead atoms. The van der Waals surface area contributed by atoms with Crippen molar-refractivity contribution in [2.75, 3.05) is 17.1 Å². The molecule has 1 N–H and O–H groups in total. The number of carbonyl (C=O) groups is 1.